The van der Waals surface area contributed by atoms with Gasteiger partial charge in [-0.05, 0) is 37.1 Å². The highest BCUT2D eigenvalue weighted by atomic mass is 16.7. The maximum absolute atomic E-state index is 12.8. The van der Waals surface area contributed by atoms with Gasteiger partial charge in [-0.15, -0.1) is 0 Å². The summed E-state index contributed by atoms with van der Waals surface area (Å²) in [4.78, 5) is 23.3. The van der Waals surface area contributed by atoms with Gasteiger partial charge in [-0.3, -0.25) is 4.79 Å². The predicted molar refractivity (Wildman–Crippen MR) is 96.8 cm³/mol. The van der Waals surface area contributed by atoms with E-state index in [4.69, 9.17) is 4.84 Å². The largest absolute Gasteiger partial charge is 0.373 e. The Hall–Kier alpha value is -1.72. The van der Waals surface area contributed by atoms with Crippen LogP contribution >= 0.6 is 0 Å². The summed E-state index contributed by atoms with van der Waals surface area (Å²) >= 11 is 0. The number of hydroxylamine groups is 1. The first kappa shape index (κ1) is 18.6. The Morgan fingerprint density at radius 1 is 1.33 bits per heavy atom. The quantitative estimate of drug-likeness (QED) is 0.805. The lowest BCUT2D eigenvalue weighted by Crippen LogP contribution is -2.43. The lowest BCUT2D eigenvalue weighted by Gasteiger charge is -2.23. The van der Waals surface area contributed by atoms with Crippen molar-refractivity contribution >= 4 is 11.7 Å². The average Bonchev–Trinajstić information content (AvgIpc) is 2.90. The predicted octanol–water partition coefficient (Wildman–Crippen LogP) is 3.81. The van der Waals surface area contributed by atoms with Crippen molar-refractivity contribution in [3.05, 3.63) is 34.9 Å². The highest BCUT2D eigenvalue weighted by Gasteiger charge is 2.36. The summed E-state index contributed by atoms with van der Waals surface area (Å²) in [6.07, 6.45) is 0.932. The summed E-state index contributed by atoms with van der Waals surface area (Å²) in [7, 11) is 0. The van der Waals surface area contributed by atoms with Crippen LogP contribution in [0.25, 0.3) is 0 Å². The van der Waals surface area contributed by atoms with Crippen LogP contribution in [0, 0.1) is 19.3 Å². The number of aryl methyl sites for hydroxylation is 2. The number of nitrogens with one attached hydrogen (secondary N) is 1. The molecular weight excluding hydrogens is 302 g/mol. The Balaban J connectivity index is 2.18. The number of hydrazine groups is 1. The zero-order valence-electron chi connectivity index (χ0n) is 15.6. The number of nitrogens with zero attached hydrogens (tertiary/aromatic N) is 2. The van der Waals surface area contributed by atoms with E-state index in [0.717, 1.165) is 29.7 Å². The van der Waals surface area contributed by atoms with Gasteiger partial charge in [0.05, 0.1) is 6.42 Å². The third-order valence-corrected chi connectivity index (χ3v) is 3.94. The Bertz CT molecular complexity index is 632. The highest BCUT2D eigenvalue weighted by Crippen LogP contribution is 2.26. The number of benzene rings is 1. The molecule has 5 heteroatoms. The second-order valence-electron chi connectivity index (χ2n) is 7.44. The number of carbonyl (C=O) groups excluding carboxylic acids is 1. The van der Waals surface area contributed by atoms with Crippen LogP contribution in [0.15, 0.2) is 23.2 Å². The molecule has 0 fully saturated rings. The Morgan fingerprint density at radius 3 is 2.67 bits per heavy atom. The number of Topliss-reactive ketones (excluding diaryl/α,β-unsaturated/α-hetero) is 1. The maximum atomic E-state index is 12.8. The van der Waals surface area contributed by atoms with E-state index >= 15 is 0 Å². The minimum Gasteiger partial charge on any atom is -0.373 e. The molecule has 0 aliphatic carbocycles. The summed E-state index contributed by atoms with van der Waals surface area (Å²) in [6.45, 7) is 13.0. The van der Waals surface area contributed by atoms with Gasteiger partial charge in [0.2, 0.25) is 5.90 Å². The van der Waals surface area contributed by atoms with Gasteiger partial charge in [0, 0.05) is 17.5 Å². The normalized spacial score (nSPS) is 18.4. The second-order valence-corrected chi connectivity index (χ2v) is 7.44. The van der Waals surface area contributed by atoms with Crippen molar-refractivity contribution in [2.24, 2.45) is 10.4 Å². The minimum absolute atomic E-state index is 0.0898. The lowest BCUT2D eigenvalue weighted by atomic mass is 9.96. The molecule has 1 heterocycles. The monoisotopic (exact) mass is 331 g/mol. The van der Waals surface area contributed by atoms with Crippen molar-refractivity contribution in [1.82, 2.24) is 10.6 Å². The Kier molecular flexibility index (Phi) is 5.78. The fourth-order valence-electron chi connectivity index (χ4n) is 2.50. The van der Waals surface area contributed by atoms with E-state index in [0.29, 0.717) is 12.3 Å². The van der Waals surface area contributed by atoms with E-state index in [-0.39, 0.29) is 17.4 Å². The fourth-order valence-corrected chi connectivity index (χ4v) is 2.50. The SMILES string of the molecule is CCCNN1OC(C(C)(C)C)=NC1CC(=O)c1cc(C)ccc1C. The van der Waals surface area contributed by atoms with Crippen molar-refractivity contribution in [2.75, 3.05) is 6.54 Å². The number of aliphatic imine (C=N–C) groups is 1. The number of hydrogen-bond donors (Lipinski definition) is 1. The summed E-state index contributed by atoms with van der Waals surface area (Å²) in [6, 6.07) is 5.96. The van der Waals surface area contributed by atoms with E-state index in [1.165, 1.54) is 0 Å². The molecule has 0 spiro atoms. The summed E-state index contributed by atoms with van der Waals surface area (Å²) in [5, 5.41) is 1.63. The average molecular weight is 331 g/mol. The van der Waals surface area contributed by atoms with Crippen molar-refractivity contribution in [1.29, 1.82) is 0 Å². The van der Waals surface area contributed by atoms with Gasteiger partial charge in [-0.25, -0.2) is 10.4 Å². The van der Waals surface area contributed by atoms with E-state index in [1.54, 1.807) is 5.17 Å². The molecule has 2 rings (SSSR count). The first-order chi connectivity index (χ1) is 11.2. The Morgan fingerprint density at radius 2 is 2.04 bits per heavy atom. The van der Waals surface area contributed by atoms with Crippen LogP contribution in [-0.2, 0) is 4.84 Å². The Labute approximate surface area is 145 Å². The topological polar surface area (TPSA) is 53.9 Å². The smallest absolute Gasteiger partial charge is 0.218 e. The number of rotatable bonds is 6. The van der Waals surface area contributed by atoms with Gasteiger partial charge in [0.25, 0.3) is 0 Å². The highest BCUT2D eigenvalue weighted by molar-refractivity contribution is 5.98. The zero-order chi connectivity index (χ0) is 17.9. The standard InChI is InChI=1S/C19H29N3O2/c1-7-10-20-22-17(21-18(24-22)19(4,5)6)12-16(23)15-11-13(2)8-9-14(15)3/h8-9,11,17,20H,7,10,12H2,1-6H3. The van der Waals surface area contributed by atoms with Crippen LogP contribution in [0.4, 0.5) is 0 Å². The molecule has 1 atom stereocenters. The van der Waals surface area contributed by atoms with Crippen LogP contribution in [0.5, 0.6) is 0 Å². The molecule has 0 aromatic heterocycles. The van der Waals surface area contributed by atoms with Crippen LogP contribution in [-0.4, -0.2) is 29.6 Å². The van der Waals surface area contributed by atoms with Crippen molar-refractivity contribution in [2.45, 2.75) is 60.5 Å². The molecule has 1 unspecified atom stereocenters. The number of ketones is 1. The van der Waals surface area contributed by atoms with Gasteiger partial charge in [0.1, 0.15) is 0 Å². The van der Waals surface area contributed by atoms with Crippen molar-refractivity contribution < 1.29 is 9.63 Å². The van der Waals surface area contributed by atoms with Crippen LogP contribution in [0.3, 0.4) is 0 Å². The molecule has 1 aliphatic heterocycles. The third kappa shape index (κ3) is 4.42. The maximum Gasteiger partial charge on any atom is 0.218 e. The third-order valence-electron chi connectivity index (χ3n) is 3.94. The van der Waals surface area contributed by atoms with E-state index < -0.39 is 0 Å². The molecule has 0 saturated carbocycles. The molecule has 0 saturated heterocycles. The van der Waals surface area contributed by atoms with E-state index in [2.05, 4.69) is 38.1 Å². The molecule has 1 aliphatic rings. The van der Waals surface area contributed by atoms with Crippen molar-refractivity contribution in [3.8, 4) is 0 Å². The molecule has 1 N–H and O–H groups in total. The number of carbonyl (C=O) groups is 1. The van der Waals surface area contributed by atoms with Gasteiger partial charge < -0.3 is 4.84 Å². The molecule has 0 radical (unpaired) electrons. The van der Waals surface area contributed by atoms with Crippen LogP contribution < -0.4 is 5.43 Å². The molecular formula is C19H29N3O2. The minimum atomic E-state index is -0.335. The molecule has 1 aromatic rings. The molecule has 132 valence electrons. The lowest BCUT2D eigenvalue weighted by molar-refractivity contribution is -0.134. The molecule has 1 aromatic carbocycles. The van der Waals surface area contributed by atoms with Gasteiger partial charge in [-0.2, -0.15) is 0 Å². The zero-order valence-corrected chi connectivity index (χ0v) is 15.6. The molecule has 0 amide bonds. The van der Waals surface area contributed by atoms with Crippen LogP contribution in [0.1, 0.15) is 62.0 Å². The molecule has 5 nitrogen and oxygen atoms in total. The van der Waals surface area contributed by atoms with Gasteiger partial charge >= 0.3 is 0 Å². The fraction of sp³-hybridized carbons (Fsp3) is 0.579. The van der Waals surface area contributed by atoms with Crippen LogP contribution in [0.2, 0.25) is 0 Å². The second kappa shape index (κ2) is 7.45. The van der Waals surface area contributed by atoms with E-state index in [9.17, 15) is 4.79 Å². The van der Waals surface area contributed by atoms with Crippen molar-refractivity contribution in [3.63, 3.8) is 0 Å². The molecule has 0 bridgehead atoms. The summed E-state index contributed by atoms with van der Waals surface area (Å²) in [5.41, 5.74) is 5.87. The summed E-state index contributed by atoms with van der Waals surface area (Å²) < 4.78 is 0. The first-order valence-corrected chi connectivity index (χ1v) is 8.61. The first-order valence-electron chi connectivity index (χ1n) is 8.61. The summed E-state index contributed by atoms with van der Waals surface area (Å²) in [5.74, 6) is 0.747. The van der Waals surface area contributed by atoms with Gasteiger partial charge in [-0.1, -0.05) is 45.4 Å². The van der Waals surface area contributed by atoms with E-state index in [1.807, 2.05) is 32.0 Å². The number of hydrogen-bond acceptors (Lipinski definition) is 5. The molecule has 24 heavy (non-hydrogen) atoms. The van der Waals surface area contributed by atoms with Gasteiger partial charge in [0.15, 0.2) is 11.9 Å².